The van der Waals surface area contributed by atoms with E-state index < -0.39 is 23.5 Å². The van der Waals surface area contributed by atoms with Gasteiger partial charge in [0, 0.05) is 28.8 Å². The second-order valence-electron chi connectivity index (χ2n) is 8.94. The Morgan fingerprint density at radius 2 is 1.55 bits per heavy atom. The van der Waals surface area contributed by atoms with Crippen LogP contribution in [0.1, 0.15) is 63.6 Å². The third-order valence-electron chi connectivity index (χ3n) is 6.63. The molecule has 0 aliphatic carbocycles. The van der Waals surface area contributed by atoms with Gasteiger partial charge in [0.05, 0.1) is 17.0 Å². The quantitative estimate of drug-likeness (QED) is 0.295. The maximum absolute atomic E-state index is 12.8. The molecule has 2 heterocycles. The molecule has 198 valence electrons. The van der Waals surface area contributed by atoms with Gasteiger partial charge < -0.3 is 35.6 Å². The number of esters is 1. The molecule has 2 aliphatic rings. The number of fused-ring (bicyclic) bond motifs is 6. The number of carboxylic acids is 2. The number of hydrogen-bond donors (Lipinski definition) is 5. The Kier molecular flexibility index (Phi) is 7.27. The fraction of sp³-hybridized carbons (Fsp3) is 0.250. The number of phenols is 2. The zero-order chi connectivity index (χ0) is 27.6. The Balaban J connectivity index is 0.000000289. The van der Waals surface area contributed by atoms with E-state index in [1.165, 1.54) is 30.3 Å². The normalized spacial score (nSPS) is 14.6. The largest absolute Gasteiger partial charge is 0.508 e. The zero-order valence-corrected chi connectivity index (χ0v) is 20.5. The van der Waals surface area contributed by atoms with E-state index in [1.54, 1.807) is 24.3 Å². The molecule has 6 N–H and O–H groups in total. The van der Waals surface area contributed by atoms with E-state index in [-0.39, 0.29) is 40.0 Å². The standard InChI is InChI=1S/C21H12O7.C7H15NO2/c22-10-4-6-13-16(8-10)27-17-9-11(23)5-7-14(17)21(13)15-3-1-2-12(19(24)25)18(15)20(26)28-21;1-2-6(7(9)10)4-3-5-8/h1-9,22-23H,(H,24,25);6H,2-5,8H2,1H3,(H,9,10). The molecule has 5 rings (SSSR count). The number of aromatic carboxylic acids is 1. The van der Waals surface area contributed by atoms with Crippen molar-refractivity contribution in [2.45, 2.75) is 31.8 Å². The zero-order valence-electron chi connectivity index (χ0n) is 20.5. The Hall–Kier alpha value is -4.57. The lowest BCUT2D eigenvalue weighted by Gasteiger charge is -2.36. The summed E-state index contributed by atoms with van der Waals surface area (Å²) in [6, 6.07) is 13.3. The van der Waals surface area contributed by atoms with Gasteiger partial charge in [0.1, 0.15) is 23.0 Å². The maximum atomic E-state index is 12.8. The van der Waals surface area contributed by atoms with Gasteiger partial charge in [-0.1, -0.05) is 19.1 Å². The van der Waals surface area contributed by atoms with Crippen LogP contribution in [-0.2, 0) is 15.1 Å². The molecule has 1 spiro atoms. The van der Waals surface area contributed by atoms with Crippen LogP contribution in [0.2, 0.25) is 0 Å². The summed E-state index contributed by atoms with van der Waals surface area (Å²) in [5.41, 5.74) is 4.84. The minimum Gasteiger partial charge on any atom is -0.508 e. The van der Waals surface area contributed by atoms with Crippen molar-refractivity contribution in [3.05, 3.63) is 82.4 Å². The van der Waals surface area contributed by atoms with Crippen LogP contribution in [-0.4, -0.2) is 44.9 Å². The lowest BCUT2D eigenvalue weighted by Crippen LogP contribution is -2.32. The van der Waals surface area contributed by atoms with E-state index in [4.69, 9.17) is 20.3 Å². The molecule has 38 heavy (non-hydrogen) atoms. The smallest absolute Gasteiger partial charge is 0.341 e. The fourth-order valence-corrected chi connectivity index (χ4v) is 4.79. The Bertz CT molecular complexity index is 1360. The average molecular weight is 522 g/mol. The molecule has 3 aromatic carbocycles. The summed E-state index contributed by atoms with van der Waals surface area (Å²) >= 11 is 0. The van der Waals surface area contributed by atoms with Gasteiger partial charge in [-0.3, -0.25) is 4.79 Å². The number of aromatic hydroxyl groups is 2. The number of hydrogen-bond acceptors (Lipinski definition) is 8. The van der Waals surface area contributed by atoms with Crippen LogP contribution in [0, 0.1) is 5.92 Å². The maximum Gasteiger partial charge on any atom is 0.341 e. The van der Waals surface area contributed by atoms with Crippen LogP contribution < -0.4 is 10.5 Å². The van der Waals surface area contributed by atoms with E-state index in [0.717, 1.165) is 6.42 Å². The molecule has 3 aromatic rings. The molecule has 1 atom stereocenters. The predicted molar refractivity (Wildman–Crippen MR) is 135 cm³/mol. The van der Waals surface area contributed by atoms with Crippen molar-refractivity contribution in [3.63, 3.8) is 0 Å². The molecule has 10 heteroatoms. The molecule has 0 amide bonds. The van der Waals surface area contributed by atoms with Gasteiger partial charge in [-0.05, 0) is 56.1 Å². The Morgan fingerprint density at radius 1 is 0.947 bits per heavy atom. The third kappa shape index (κ3) is 4.50. The third-order valence-corrected chi connectivity index (χ3v) is 6.63. The second kappa shape index (κ2) is 10.4. The van der Waals surface area contributed by atoms with E-state index in [2.05, 4.69) is 0 Å². The van der Waals surface area contributed by atoms with Crippen molar-refractivity contribution in [3.8, 4) is 23.0 Å². The highest BCUT2D eigenvalue weighted by Gasteiger charge is 2.54. The summed E-state index contributed by atoms with van der Waals surface area (Å²) in [7, 11) is 0. The number of nitrogens with two attached hydrogens (primary N) is 1. The summed E-state index contributed by atoms with van der Waals surface area (Å²) in [5, 5.41) is 37.8. The number of carbonyl (C=O) groups is 3. The van der Waals surface area contributed by atoms with Crippen LogP contribution in [0.4, 0.5) is 0 Å². The van der Waals surface area contributed by atoms with Crippen LogP contribution in [0.15, 0.2) is 54.6 Å². The molecule has 0 aromatic heterocycles. The SMILES string of the molecule is CCC(CCCN)C(=O)O.O=C(O)c1cccc2c1C(=O)OC21c2ccc(O)cc2Oc2cc(O)ccc21. The summed E-state index contributed by atoms with van der Waals surface area (Å²) < 4.78 is 11.7. The van der Waals surface area contributed by atoms with Gasteiger partial charge in [0.2, 0.25) is 0 Å². The molecular formula is C28H27NO9. The minimum atomic E-state index is -1.46. The fourth-order valence-electron chi connectivity index (χ4n) is 4.79. The van der Waals surface area contributed by atoms with Gasteiger partial charge in [-0.2, -0.15) is 0 Å². The second-order valence-corrected chi connectivity index (χ2v) is 8.94. The number of carbonyl (C=O) groups excluding carboxylic acids is 1. The summed E-state index contributed by atoms with van der Waals surface area (Å²) in [6.45, 7) is 2.47. The first-order valence-corrected chi connectivity index (χ1v) is 12.0. The molecular weight excluding hydrogens is 494 g/mol. The highest BCUT2D eigenvalue weighted by Crippen LogP contribution is 2.57. The molecule has 0 fully saturated rings. The van der Waals surface area contributed by atoms with Gasteiger partial charge in [0.15, 0.2) is 5.60 Å². The molecule has 1 unspecified atom stereocenters. The van der Waals surface area contributed by atoms with Gasteiger partial charge in [-0.15, -0.1) is 0 Å². The van der Waals surface area contributed by atoms with E-state index >= 15 is 0 Å². The Labute approximate surface area is 217 Å². The van der Waals surface area contributed by atoms with Crippen LogP contribution in [0.25, 0.3) is 0 Å². The molecule has 0 saturated carbocycles. The first kappa shape index (κ1) is 26.5. The van der Waals surface area contributed by atoms with Crippen molar-refractivity contribution in [1.29, 1.82) is 0 Å². The van der Waals surface area contributed by atoms with Crippen molar-refractivity contribution in [2.24, 2.45) is 11.7 Å². The van der Waals surface area contributed by atoms with Gasteiger partial charge >= 0.3 is 17.9 Å². The first-order valence-electron chi connectivity index (χ1n) is 12.0. The molecule has 0 saturated heterocycles. The van der Waals surface area contributed by atoms with Crippen LogP contribution in [0.5, 0.6) is 23.0 Å². The predicted octanol–water partition coefficient (Wildman–Crippen LogP) is 4.20. The van der Waals surface area contributed by atoms with Crippen LogP contribution in [0.3, 0.4) is 0 Å². The lowest BCUT2D eigenvalue weighted by atomic mass is 9.77. The molecule has 0 bridgehead atoms. The highest BCUT2D eigenvalue weighted by molar-refractivity contribution is 6.06. The average Bonchev–Trinajstić information content (AvgIpc) is 3.17. The number of aliphatic carboxylic acids is 1. The number of carboxylic acid groups (broad SMARTS) is 2. The lowest BCUT2D eigenvalue weighted by molar-refractivity contribution is -0.142. The topological polar surface area (TPSA) is 177 Å². The Morgan fingerprint density at radius 3 is 2.05 bits per heavy atom. The number of phenolic OH excluding ortho intramolecular Hbond substituents is 2. The number of ether oxygens (including phenoxy) is 2. The first-order chi connectivity index (χ1) is 18.1. The van der Waals surface area contributed by atoms with E-state index in [1.807, 2.05) is 6.92 Å². The summed E-state index contributed by atoms with van der Waals surface area (Å²) in [5.74, 6) is -2.54. The van der Waals surface area contributed by atoms with Gasteiger partial charge in [0.25, 0.3) is 0 Å². The monoisotopic (exact) mass is 521 g/mol. The highest BCUT2D eigenvalue weighted by atomic mass is 16.6. The van der Waals surface area contributed by atoms with E-state index in [9.17, 15) is 29.7 Å². The summed E-state index contributed by atoms with van der Waals surface area (Å²) in [4.78, 5) is 34.8. The van der Waals surface area contributed by atoms with E-state index in [0.29, 0.717) is 36.1 Å². The van der Waals surface area contributed by atoms with Crippen molar-refractivity contribution >= 4 is 17.9 Å². The van der Waals surface area contributed by atoms with Crippen molar-refractivity contribution < 1.29 is 44.3 Å². The summed E-state index contributed by atoms with van der Waals surface area (Å²) in [6.07, 6.45) is 2.22. The van der Waals surface area contributed by atoms with Gasteiger partial charge in [-0.25, -0.2) is 9.59 Å². The minimum absolute atomic E-state index is 0.0325. The number of benzene rings is 3. The van der Waals surface area contributed by atoms with Crippen molar-refractivity contribution in [2.75, 3.05) is 6.54 Å². The number of rotatable bonds is 6. The molecule has 2 aliphatic heterocycles. The molecule has 10 nitrogen and oxygen atoms in total. The van der Waals surface area contributed by atoms with Crippen LogP contribution >= 0.6 is 0 Å². The molecule has 0 radical (unpaired) electrons. The van der Waals surface area contributed by atoms with Crippen molar-refractivity contribution in [1.82, 2.24) is 0 Å².